The number of esters is 1. The highest BCUT2D eigenvalue weighted by Crippen LogP contribution is 2.44. The summed E-state index contributed by atoms with van der Waals surface area (Å²) < 4.78 is 13.6. The minimum Gasteiger partial charge on any atom is -0.469 e. The van der Waals surface area contributed by atoms with Gasteiger partial charge < -0.3 is 9.47 Å². The number of fused-ring (bicyclic) bond motifs is 1. The van der Waals surface area contributed by atoms with E-state index < -0.39 is 5.41 Å². The highest BCUT2D eigenvalue weighted by molar-refractivity contribution is 5.82. The van der Waals surface area contributed by atoms with E-state index >= 15 is 0 Å². The van der Waals surface area contributed by atoms with Gasteiger partial charge in [0, 0.05) is 32.6 Å². The van der Waals surface area contributed by atoms with E-state index in [4.69, 9.17) is 9.47 Å². The molecule has 2 aliphatic rings. The Morgan fingerprint density at radius 2 is 1.95 bits per heavy atom. The highest BCUT2D eigenvalue weighted by Gasteiger charge is 2.41. The summed E-state index contributed by atoms with van der Waals surface area (Å²) in [6.07, 6.45) is 5.48. The number of aryl methyl sites for hydroxylation is 3. The van der Waals surface area contributed by atoms with Gasteiger partial charge >= 0.3 is 5.97 Å². The summed E-state index contributed by atoms with van der Waals surface area (Å²) in [6, 6.07) is 10.9. The summed E-state index contributed by atoms with van der Waals surface area (Å²) in [5, 5.41) is 8.67. The zero-order chi connectivity index (χ0) is 27.9. The molecule has 1 aliphatic heterocycles. The minimum atomic E-state index is -0.789. The maximum absolute atomic E-state index is 13.2. The molecule has 0 amide bonds. The van der Waals surface area contributed by atoms with Crippen LogP contribution >= 0.6 is 0 Å². The first-order valence-corrected chi connectivity index (χ1v) is 14.5. The number of rotatable bonds is 8. The summed E-state index contributed by atoms with van der Waals surface area (Å²) in [5.74, 6) is 0.334. The molecule has 2 fully saturated rings. The van der Waals surface area contributed by atoms with Gasteiger partial charge in [0.1, 0.15) is 5.52 Å². The standard InChI is InChI=1S/C32H44N4O3/c1-8-25-19-36(16-15-28(39-25)22-11-12-22)18-24-17-23(10-9-20(24)2)29(32(4,5)31(37)38-7)26-13-14-27-30(21(26)3)33-34-35(27)6/h9-10,13-14,17,22,25,28-29H,8,11-12,15-16,18-19H2,1-7H3. The molecular formula is C32H44N4O3. The molecule has 1 aromatic heterocycles. The van der Waals surface area contributed by atoms with Crippen molar-refractivity contribution in [3.63, 3.8) is 0 Å². The Morgan fingerprint density at radius 3 is 2.64 bits per heavy atom. The number of carbonyl (C=O) groups is 1. The van der Waals surface area contributed by atoms with Crippen molar-refractivity contribution >= 4 is 17.0 Å². The number of benzene rings is 2. The maximum atomic E-state index is 13.2. The number of methoxy groups -OCH3 is 1. The zero-order valence-electron chi connectivity index (χ0n) is 24.7. The van der Waals surface area contributed by atoms with Crippen molar-refractivity contribution in [1.82, 2.24) is 19.9 Å². The predicted molar refractivity (Wildman–Crippen MR) is 154 cm³/mol. The third kappa shape index (κ3) is 5.48. The second-order valence-corrected chi connectivity index (χ2v) is 12.3. The number of aromatic nitrogens is 3. The Kier molecular flexibility index (Phi) is 7.84. The SMILES string of the molecule is CCC1CN(Cc2cc(C(c3ccc4c(nnn4C)c3C)C(C)(C)C(=O)OC)ccc2C)CCC(C2CC2)O1. The molecule has 2 aromatic carbocycles. The fourth-order valence-electron chi connectivity index (χ4n) is 6.44. The summed E-state index contributed by atoms with van der Waals surface area (Å²) in [7, 11) is 3.38. The van der Waals surface area contributed by atoms with E-state index in [0.29, 0.717) is 6.10 Å². The van der Waals surface area contributed by atoms with Gasteiger partial charge in [-0.25, -0.2) is 4.68 Å². The maximum Gasteiger partial charge on any atom is 0.312 e. The van der Waals surface area contributed by atoms with Crippen LogP contribution in [0.3, 0.4) is 0 Å². The van der Waals surface area contributed by atoms with Crippen LogP contribution < -0.4 is 0 Å². The van der Waals surface area contributed by atoms with Gasteiger partial charge in [-0.2, -0.15) is 0 Å². The molecule has 1 saturated heterocycles. The normalized spacial score (nSPS) is 21.6. The third-order valence-electron chi connectivity index (χ3n) is 9.09. The zero-order valence-corrected chi connectivity index (χ0v) is 24.7. The fraction of sp³-hybridized carbons (Fsp3) is 0.594. The molecular weight excluding hydrogens is 488 g/mol. The average Bonchev–Trinajstić information content (AvgIpc) is 3.72. The molecule has 0 bridgehead atoms. The van der Waals surface area contributed by atoms with E-state index in [2.05, 4.69) is 66.3 Å². The highest BCUT2D eigenvalue weighted by atomic mass is 16.5. The van der Waals surface area contributed by atoms with Crippen LogP contribution in [-0.2, 0) is 27.9 Å². The van der Waals surface area contributed by atoms with Crippen LogP contribution in [0.1, 0.15) is 80.2 Å². The first-order chi connectivity index (χ1) is 18.6. The van der Waals surface area contributed by atoms with Gasteiger partial charge in [0.25, 0.3) is 0 Å². The topological polar surface area (TPSA) is 69.5 Å². The largest absolute Gasteiger partial charge is 0.469 e. The van der Waals surface area contributed by atoms with E-state index in [-0.39, 0.29) is 18.0 Å². The summed E-state index contributed by atoms with van der Waals surface area (Å²) in [6.45, 7) is 13.4. The van der Waals surface area contributed by atoms with Crippen LogP contribution in [0.4, 0.5) is 0 Å². The van der Waals surface area contributed by atoms with E-state index in [9.17, 15) is 4.79 Å². The number of ether oxygens (including phenoxy) is 2. The van der Waals surface area contributed by atoms with Crippen molar-refractivity contribution in [3.8, 4) is 0 Å². The van der Waals surface area contributed by atoms with Gasteiger partial charge in [0.2, 0.25) is 0 Å². The molecule has 0 spiro atoms. The second-order valence-electron chi connectivity index (χ2n) is 12.3. The van der Waals surface area contributed by atoms with Crippen molar-refractivity contribution in [2.24, 2.45) is 18.4 Å². The van der Waals surface area contributed by atoms with Gasteiger partial charge in [0.05, 0.1) is 30.2 Å². The van der Waals surface area contributed by atoms with Gasteiger partial charge in [-0.05, 0) is 93.2 Å². The smallest absolute Gasteiger partial charge is 0.312 e. The lowest BCUT2D eigenvalue weighted by Gasteiger charge is -2.34. The Labute approximate surface area is 232 Å². The number of hydrogen-bond donors (Lipinski definition) is 0. The summed E-state index contributed by atoms with van der Waals surface area (Å²) in [4.78, 5) is 15.8. The lowest BCUT2D eigenvalue weighted by atomic mass is 9.69. The molecule has 3 unspecified atom stereocenters. The molecule has 0 N–H and O–H groups in total. The molecule has 5 rings (SSSR count). The number of nitrogens with zero attached hydrogens (tertiary/aromatic N) is 4. The summed E-state index contributed by atoms with van der Waals surface area (Å²) >= 11 is 0. The first kappa shape index (κ1) is 27.8. The molecule has 1 saturated carbocycles. The second kappa shape index (κ2) is 11.0. The molecule has 7 heteroatoms. The lowest BCUT2D eigenvalue weighted by Crippen LogP contribution is -2.34. The predicted octanol–water partition coefficient (Wildman–Crippen LogP) is 5.70. The molecule has 0 radical (unpaired) electrons. The number of hydrogen-bond acceptors (Lipinski definition) is 6. The van der Waals surface area contributed by atoms with Gasteiger partial charge in [0.15, 0.2) is 0 Å². The van der Waals surface area contributed by atoms with Crippen molar-refractivity contribution in [1.29, 1.82) is 0 Å². The van der Waals surface area contributed by atoms with Crippen LogP contribution in [-0.4, -0.2) is 58.3 Å². The van der Waals surface area contributed by atoms with Crippen LogP contribution in [0, 0.1) is 25.2 Å². The van der Waals surface area contributed by atoms with Gasteiger partial charge in [-0.3, -0.25) is 9.69 Å². The third-order valence-corrected chi connectivity index (χ3v) is 9.09. The van der Waals surface area contributed by atoms with E-state index in [1.54, 1.807) is 4.68 Å². The molecule has 1 aliphatic carbocycles. The van der Waals surface area contributed by atoms with Crippen LogP contribution in [0.2, 0.25) is 0 Å². The van der Waals surface area contributed by atoms with Crippen molar-refractivity contribution in [2.45, 2.75) is 85.0 Å². The Morgan fingerprint density at radius 1 is 1.18 bits per heavy atom. The Hall–Kier alpha value is -2.77. The fourth-order valence-corrected chi connectivity index (χ4v) is 6.44. The lowest BCUT2D eigenvalue weighted by molar-refractivity contribution is -0.151. The summed E-state index contributed by atoms with van der Waals surface area (Å²) in [5.41, 5.74) is 6.88. The van der Waals surface area contributed by atoms with E-state index in [0.717, 1.165) is 66.1 Å². The van der Waals surface area contributed by atoms with Crippen LogP contribution in [0.5, 0.6) is 0 Å². The Bertz CT molecular complexity index is 1340. The van der Waals surface area contributed by atoms with E-state index in [1.807, 2.05) is 20.9 Å². The molecule has 3 aromatic rings. The van der Waals surface area contributed by atoms with Crippen molar-refractivity contribution in [2.75, 3.05) is 20.2 Å². The average molecular weight is 533 g/mol. The quantitative estimate of drug-likeness (QED) is 0.347. The molecule has 39 heavy (non-hydrogen) atoms. The van der Waals surface area contributed by atoms with Gasteiger partial charge in [-0.15, -0.1) is 5.10 Å². The van der Waals surface area contributed by atoms with Gasteiger partial charge in [-0.1, -0.05) is 36.4 Å². The van der Waals surface area contributed by atoms with E-state index in [1.165, 1.54) is 31.1 Å². The molecule has 2 heterocycles. The van der Waals surface area contributed by atoms with Crippen molar-refractivity contribution in [3.05, 3.63) is 58.1 Å². The first-order valence-electron chi connectivity index (χ1n) is 14.5. The van der Waals surface area contributed by atoms with Crippen molar-refractivity contribution < 1.29 is 14.3 Å². The monoisotopic (exact) mass is 532 g/mol. The molecule has 210 valence electrons. The minimum absolute atomic E-state index is 0.203. The molecule has 7 nitrogen and oxygen atoms in total. The van der Waals surface area contributed by atoms with Crippen LogP contribution in [0.25, 0.3) is 11.0 Å². The number of carbonyl (C=O) groups excluding carboxylic acids is 1. The van der Waals surface area contributed by atoms with Crippen LogP contribution in [0.15, 0.2) is 30.3 Å². The Balaban J connectivity index is 1.52. The molecule has 3 atom stereocenters.